The molecule has 5 nitrogen and oxygen atoms in total. The standard InChI is InChI=1S/C15H26N2O3/c1-3-7-15(13(19)20)9-5-10-17(15)12(18)14(2)8-4-6-11(14)16/h11H,3-10,16H2,1-2H3,(H,19,20). The van der Waals surface area contributed by atoms with E-state index in [1.807, 2.05) is 13.8 Å². The summed E-state index contributed by atoms with van der Waals surface area (Å²) < 4.78 is 0. The maximum atomic E-state index is 13.0. The zero-order chi connectivity index (χ0) is 15.0. The third-order valence-corrected chi connectivity index (χ3v) is 5.31. The van der Waals surface area contributed by atoms with E-state index in [1.54, 1.807) is 4.90 Å². The lowest BCUT2D eigenvalue weighted by atomic mass is 9.81. The van der Waals surface area contributed by atoms with E-state index in [1.165, 1.54) is 0 Å². The minimum absolute atomic E-state index is 0.0455. The Kier molecular flexibility index (Phi) is 4.09. The molecular weight excluding hydrogens is 256 g/mol. The number of amides is 1. The SMILES string of the molecule is CCCC1(C(=O)O)CCCN1C(=O)C1(C)CCCC1N. The molecule has 1 saturated heterocycles. The highest BCUT2D eigenvalue weighted by molar-refractivity contribution is 5.91. The van der Waals surface area contributed by atoms with Gasteiger partial charge >= 0.3 is 5.97 Å². The monoisotopic (exact) mass is 282 g/mol. The molecule has 1 saturated carbocycles. The van der Waals surface area contributed by atoms with Crippen LogP contribution < -0.4 is 5.73 Å². The van der Waals surface area contributed by atoms with Crippen LogP contribution in [0.3, 0.4) is 0 Å². The summed E-state index contributed by atoms with van der Waals surface area (Å²) in [4.78, 5) is 26.4. The summed E-state index contributed by atoms with van der Waals surface area (Å²) >= 11 is 0. The Hall–Kier alpha value is -1.10. The number of hydrogen-bond acceptors (Lipinski definition) is 3. The van der Waals surface area contributed by atoms with Crippen LogP contribution in [0.25, 0.3) is 0 Å². The predicted molar refractivity (Wildman–Crippen MR) is 76.2 cm³/mol. The van der Waals surface area contributed by atoms with Crippen LogP contribution >= 0.6 is 0 Å². The molecule has 114 valence electrons. The number of nitrogens with zero attached hydrogens (tertiary/aromatic N) is 1. The first-order valence-electron chi connectivity index (χ1n) is 7.69. The van der Waals surface area contributed by atoms with Gasteiger partial charge in [-0.05, 0) is 39.0 Å². The quantitative estimate of drug-likeness (QED) is 0.823. The fourth-order valence-corrected chi connectivity index (χ4v) is 3.94. The molecule has 3 N–H and O–H groups in total. The van der Waals surface area contributed by atoms with Crippen molar-refractivity contribution in [2.24, 2.45) is 11.1 Å². The summed E-state index contributed by atoms with van der Waals surface area (Å²) in [6, 6.07) is -0.149. The minimum Gasteiger partial charge on any atom is -0.479 e. The Balaban J connectivity index is 2.30. The first-order chi connectivity index (χ1) is 9.38. The molecule has 0 radical (unpaired) electrons. The number of carbonyl (C=O) groups excluding carboxylic acids is 1. The number of hydrogen-bond donors (Lipinski definition) is 2. The number of carboxylic acids is 1. The van der Waals surface area contributed by atoms with Crippen LogP contribution in [0.15, 0.2) is 0 Å². The second kappa shape index (κ2) is 5.35. The van der Waals surface area contributed by atoms with E-state index >= 15 is 0 Å². The largest absolute Gasteiger partial charge is 0.479 e. The molecule has 0 spiro atoms. The van der Waals surface area contributed by atoms with E-state index in [0.717, 1.165) is 32.1 Å². The molecule has 0 aromatic heterocycles. The summed E-state index contributed by atoms with van der Waals surface area (Å²) in [6.45, 7) is 4.42. The number of aliphatic carboxylic acids is 1. The molecular formula is C15H26N2O3. The van der Waals surface area contributed by atoms with Crippen molar-refractivity contribution < 1.29 is 14.7 Å². The first-order valence-corrected chi connectivity index (χ1v) is 7.69. The van der Waals surface area contributed by atoms with Crippen molar-refractivity contribution >= 4 is 11.9 Å². The molecule has 3 atom stereocenters. The van der Waals surface area contributed by atoms with Gasteiger partial charge in [-0.1, -0.05) is 19.8 Å². The summed E-state index contributed by atoms with van der Waals surface area (Å²) in [5.74, 6) is -0.906. The van der Waals surface area contributed by atoms with E-state index < -0.39 is 16.9 Å². The van der Waals surface area contributed by atoms with Crippen LogP contribution in [0.5, 0.6) is 0 Å². The van der Waals surface area contributed by atoms with Gasteiger partial charge in [-0.15, -0.1) is 0 Å². The summed E-state index contributed by atoms with van der Waals surface area (Å²) in [5, 5.41) is 9.68. The van der Waals surface area contributed by atoms with Crippen molar-refractivity contribution in [2.75, 3.05) is 6.54 Å². The third kappa shape index (κ3) is 2.12. The summed E-state index contributed by atoms with van der Waals surface area (Å²) in [5.41, 5.74) is 4.54. The van der Waals surface area contributed by atoms with E-state index in [0.29, 0.717) is 19.4 Å². The lowest BCUT2D eigenvalue weighted by Crippen LogP contribution is -2.58. The fourth-order valence-electron chi connectivity index (χ4n) is 3.94. The average Bonchev–Trinajstić information content (AvgIpc) is 2.96. The fraction of sp³-hybridized carbons (Fsp3) is 0.867. The van der Waals surface area contributed by atoms with Crippen LogP contribution in [0, 0.1) is 5.41 Å². The Morgan fingerprint density at radius 2 is 2.05 bits per heavy atom. The van der Waals surface area contributed by atoms with Gasteiger partial charge in [-0.2, -0.15) is 0 Å². The molecule has 2 fully saturated rings. The van der Waals surface area contributed by atoms with Gasteiger partial charge < -0.3 is 15.7 Å². The molecule has 0 bridgehead atoms. The molecule has 0 aromatic rings. The molecule has 1 amide bonds. The number of likely N-dealkylation sites (tertiary alicyclic amines) is 1. The Morgan fingerprint density at radius 3 is 2.55 bits per heavy atom. The maximum absolute atomic E-state index is 13.0. The number of nitrogens with two attached hydrogens (primary N) is 1. The number of carbonyl (C=O) groups is 2. The van der Waals surface area contributed by atoms with E-state index in [4.69, 9.17) is 5.73 Å². The third-order valence-electron chi connectivity index (χ3n) is 5.31. The second-order valence-corrected chi connectivity index (χ2v) is 6.56. The van der Waals surface area contributed by atoms with Gasteiger partial charge in [0.05, 0.1) is 5.41 Å². The van der Waals surface area contributed by atoms with Gasteiger partial charge in [0.2, 0.25) is 5.91 Å². The zero-order valence-corrected chi connectivity index (χ0v) is 12.5. The molecule has 5 heteroatoms. The maximum Gasteiger partial charge on any atom is 0.329 e. The first kappa shape index (κ1) is 15.3. The van der Waals surface area contributed by atoms with Gasteiger partial charge in [-0.25, -0.2) is 4.79 Å². The molecule has 1 aliphatic heterocycles. The van der Waals surface area contributed by atoms with E-state index in [-0.39, 0.29) is 11.9 Å². The number of carboxylic acid groups (broad SMARTS) is 1. The molecule has 1 heterocycles. The highest BCUT2D eigenvalue weighted by Gasteiger charge is 2.54. The highest BCUT2D eigenvalue weighted by Crippen LogP contribution is 2.43. The molecule has 3 unspecified atom stereocenters. The lowest BCUT2D eigenvalue weighted by Gasteiger charge is -2.40. The van der Waals surface area contributed by atoms with Gasteiger partial charge in [0.15, 0.2) is 0 Å². The Morgan fingerprint density at radius 1 is 1.35 bits per heavy atom. The molecule has 20 heavy (non-hydrogen) atoms. The Labute approximate surface area is 120 Å². The van der Waals surface area contributed by atoms with Crippen molar-refractivity contribution in [3.63, 3.8) is 0 Å². The summed E-state index contributed by atoms with van der Waals surface area (Å²) in [6.07, 6.45) is 5.19. The molecule has 1 aliphatic carbocycles. The van der Waals surface area contributed by atoms with Crippen LogP contribution in [-0.4, -0.2) is 40.0 Å². The second-order valence-electron chi connectivity index (χ2n) is 6.56. The van der Waals surface area contributed by atoms with Gasteiger partial charge in [-0.3, -0.25) is 4.79 Å². The van der Waals surface area contributed by atoms with Crippen LogP contribution in [0.4, 0.5) is 0 Å². The minimum atomic E-state index is -1.00. The normalized spacial score (nSPS) is 37.4. The van der Waals surface area contributed by atoms with Crippen LogP contribution in [0.2, 0.25) is 0 Å². The van der Waals surface area contributed by atoms with Crippen LogP contribution in [0.1, 0.15) is 58.8 Å². The van der Waals surface area contributed by atoms with Gasteiger partial charge in [0.25, 0.3) is 0 Å². The van der Waals surface area contributed by atoms with Crippen molar-refractivity contribution in [1.82, 2.24) is 4.90 Å². The lowest BCUT2D eigenvalue weighted by molar-refractivity contribution is -0.161. The predicted octanol–water partition coefficient (Wildman–Crippen LogP) is 1.75. The topological polar surface area (TPSA) is 83.6 Å². The van der Waals surface area contributed by atoms with Gasteiger partial charge in [0, 0.05) is 12.6 Å². The van der Waals surface area contributed by atoms with Gasteiger partial charge in [0.1, 0.15) is 5.54 Å². The van der Waals surface area contributed by atoms with E-state index in [2.05, 4.69) is 0 Å². The van der Waals surface area contributed by atoms with Crippen LogP contribution in [-0.2, 0) is 9.59 Å². The average molecular weight is 282 g/mol. The summed E-state index contributed by atoms with van der Waals surface area (Å²) in [7, 11) is 0. The van der Waals surface area contributed by atoms with Crippen molar-refractivity contribution in [3.05, 3.63) is 0 Å². The molecule has 2 rings (SSSR count). The van der Waals surface area contributed by atoms with Crippen molar-refractivity contribution in [3.8, 4) is 0 Å². The van der Waals surface area contributed by atoms with Crippen molar-refractivity contribution in [2.45, 2.75) is 70.4 Å². The Bertz CT molecular complexity index is 412. The number of rotatable bonds is 4. The zero-order valence-electron chi connectivity index (χ0n) is 12.5. The smallest absolute Gasteiger partial charge is 0.329 e. The van der Waals surface area contributed by atoms with Crippen molar-refractivity contribution in [1.29, 1.82) is 0 Å². The van der Waals surface area contributed by atoms with E-state index in [9.17, 15) is 14.7 Å². The molecule has 2 aliphatic rings. The highest BCUT2D eigenvalue weighted by atomic mass is 16.4. The molecule has 0 aromatic carbocycles.